The monoisotopic (exact) mass is 258 g/mol. The summed E-state index contributed by atoms with van der Waals surface area (Å²) in [5.74, 6) is -1.65. The van der Waals surface area contributed by atoms with Crippen LogP contribution in [0.15, 0.2) is 10.9 Å². The standard InChI is InChI=1S/C7H3F5N2O3/c8-5(9)4-2(7(10,11)12)1-3(15)13-6(4)14(16)17/h1,5H,(H,13,15). The Morgan fingerprint density at radius 1 is 1.35 bits per heavy atom. The molecule has 94 valence electrons. The molecule has 0 fully saturated rings. The molecule has 0 saturated carbocycles. The Bertz CT molecular complexity index is 507. The summed E-state index contributed by atoms with van der Waals surface area (Å²) in [7, 11) is 0. The molecule has 5 nitrogen and oxygen atoms in total. The molecule has 0 aliphatic heterocycles. The minimum Gasteiger partial charge on any atom is -0.358 e. The van der Waals surface area contributed by atoms with Gasteiger partial charge in [0.25, 0.3) is 6.43 Å². The molecule has 1 aromatic rings. The lowest BCUT2D eigenvalue weighted by atomic mass is 10.1. The lowest BCUT2D eigenvalue weighted by Gasteiger charge is -2.11. The van der Waals surface area contributed by atoms with E-state index in [2.05, 4.69) is 0 Å². The molecule has 0 amide bonds. The topological polar surface area (TPSA) is 76.0 Å². The van der Waals surface area contributed by atoms with Crippen molar-refractivity contribution in [2.24, 2.45) is 0 Å². The minimum atomic E-state index is -5.27. The number of aromatic amines is 1. The fourth-order valence-electron chi connectivity index (χ4n) is 1.16. The molecule has 1 N–H and O–H groups in total. The first-order valence-corrected chi connectivity index (χ1v) is 3.91. The molecule has 0 radical (unpaired) electrons. The van der Waals surface area contributed by atoms with E-state index in [9.17, 15) is 36.9 Å². The van der Waals surface area contributed by atoms with Gasteiger partial charge in [-0.25, -0.2) is 18.6 Å². The highest BCUT2D eigenvalue weighted by Gasteiger charge is 2.40. The van der Waals surface area contributed by atoms with Gasteiger partial charge in [0, 0.05) is 6.07 Å². The summed E-state index contributed by atoms with van der Waals surface area (Å²) in [6.45, 7) is 0. The van der Waals surface area contributed by atoms with E-state index in [1.165, 1.54) is 4.98 Å². The van der Waals surface area contributed by atoms with E-state index < -0.39 is 40.0 Å². The van der Waals surface area contributed by atoms with E-state index >= 15 is 0 Å². The van der Waals surface area contributed by atoms with Crippen molar-refractivity contribution in [3.05, 3.63) is 37.7 Å². The summed E-state index contributed by atoms with van der Waals surface area (Å²) in [5, 5.41) is 10.3. The Balaban J connectivity index is 3.70. The van der Waals surface area contributed by atoms with Gasteiger partial charge in [0.15, 0.2) is 0 Å². The molecule has 0 aromatic carbocycles. The van der Waals surface area contributed by atoms with E-state index in [0.29, 0.717) is 0 Å². The third-order valence-corrected chi connectivity index (χ3v) is 1.77. The van der Waals surface area contributed by atoms with Gasteiger partial charge in [0.05, 0.1) is 5.56 Å². The van der Waals surface area contributed by atoms with Crippen LogP contribution in [0.1, 0.15) is 17.6 Å². The minimum absolute atomic E-state index is 0.144. The lowest BCUT2D eigenvalue weighted by Crippen LogP contribution is -2.19. The summed E-state index contributed by atoms with van der Waals surface area (Å²) in [5.41, 5.74) is -5.33. The molecule has 1 aromatic heterocycles. The molecule has 17 heavy (non-hydrogen) atoms. The number of aromatic nitrogens is 1. The first kappa shape index (κ1) is 13.1. The lowest BCUT2D eigenvalue weighted by molar-refractivity contribution is -0.391. The van der Waals surface area contributed by atoms with E-state index in [1.807, 2.05) is 0 Å². The SMILES string of the molecule is O=c1cc(C(F)(F)F)c(C(F)F)c([N+](=O)[O-])[nH]1. The number of alkyl halides is 5. The molecular formula is C7H3F5N2O3. The fourth-order valence-corrected chi connectivity index (χ4v) is 1.16. The van der Waals surface area contributed by atoms with Gasteiger partial charge in [-0.3, -0.25) is 0 Å². The zero-order valence-electron chi connectivity index (χ0n) is 7.72. The van der Waals surface area contributed by atoms with E-state index in [1.54, 1.807) is 0 Å². The largest absolute Gasteiger partial charge is 0.417 e. The predicted molar refractivity (Wildman–Crippen MR) is 43.7 cm³/mol. The van der Waals surface area contributed by atoms with Gasteiger partial charge in [-0.2, -0.15) is 13.2 Å². The number of halogens is 5. The van der Waals surface area contributed by atoms with Crippen LogP contribution in [0.4, 0.5) is 27.8 Å². The fraction of sp³-hybridized carbons (Fsp3) is 0.286. The second-order valence-corrected chi connectivity index (χ2v) is 2.87. The molecule has 0 bridgehead atoms. The Morgan fingerprint density at radius 2 is 1.88 bits per heavy atom. The van der Waals surface area contributed by atoms with Gasteiger partial charge in [-0.1, -0.05) is 0 Å². The molecule has 1 heterocycles. The van der Waals surface area contributed by atoms with Crippen LogP contribution in [0, 0.1) is 10.1 Å². The Kier molecular flexibility index (Phi) is 3.16. The first-order chi connectivity index (χ1) is 7.64. The molecule has 10 heteroatoms. The van der Waals surface area contributed by atoms with Gasteiger partial charge in [0.1, 0.15) is 5.56 Å². The molecular weight excluding hydrogens is 255 g/mol. The number of hydrogen-bond acceptors (Lipinski definition) is 3. The van der Waals surface area contributed by atoms with Crippen molar-refractivity contribution in [3.63, 3.8) is 0 Å². The molecule has 0 unspecified atom stereocenters. The van der Waals surface area contributed by atoms with Crippen molar-refractivity contribution in [2.75, 3.05) is 0 Å². The third-order valence-electron chi connectivity index (χ3n) is 1.77. The van der Waals surface area contributed by atoms with Gasteiger partial charge in [-0.05, 0) is 4.92 Å². The van der Waals surface area contributed by atoms with Crippen LogP contribution in [0.2, 0.25) is 0 Å². The number of hydrogen-bond donors (Lipinski definition) is 1. The number of H-pyrrole nitrogens is 1. The van der Waals surface area contributed by atoms with Gasteiger partial charge < -0.3 is 10.1 Å². The predicted octanol–water partition coefficient (Wildman–Crippen LogP) is 2.24. The Morgan fingerprint density at radius 3 is 2.24 bits per heavy atom. The number of rotatable bonds is 2. The Hall–Kier alpha value is -2.00. The van der Waals surface area contributed by atoms with Crippen molar-refractivity contribution >= 4 is 5.82 Å². The van der Waals surface area contributed by atoms with Crippen LogP contribution in [0.3, 0.4) is 0 Å². The van der Waals surface area contributed by atoms with Crippen LogP contribution in [-0.4, -0.2) is 9.91 Å². The van der Waals surface area contributed by atoms with Crippen molar-refractivity contribution in [1.82, 2.24) is 4.98 Å². The second-order valence-electron chi connectivity index (χ2n) is 2.87. The van der Waals surface area contributed by atoms with Crippen molar-refractivity contribution in [3.8, 4) is 0 Å². The van der Waals surface area contributed by atoms with E-state index in [4.69, 9.17) is 0 Å². The zero-order chi connectivity index (χ0) is 13.4. The maximum Gasteiger partial charge on any atom is 0.417 e. The number of pyridine rings is 1. The molecule has 0 aliphatic carbocycles. The van der Waals surface area contributed by atoms with Crippen LogP contribution >= 0.6 is 0 Å². The van der Waals surface area contributed by atoms with Crippen molar-refractivity contribution in [1.29, 1.82) is 0 Å². The summed E-state index contributed by atoms with van der Waals surface area (Å²) in [6.07, 6.45) is -9.01. The third kappa shape index (κ3) is 2.57. The van der Waals surface area contributed by atoms with Crippen LogP contribution in [0.25, 0.3) is 0 Å². The van der Waals surface area contributed by atoms with Crippen LogP contribution in [-0.2, 0) is 6.18 Å². The van der Waals surface area contributed by atoms with Crippen molar-refractivity contribution < 1.29 is 26.9 Å². The number of nitrogens with one attached hydrogen (secondary N) is 1. The van der Waals surface area contributed by atoms with Gasteiger partial charge >= 0.3 is 17.6 Å². The molecule has 0 spiro atoms. The van der Waals surface area contributed by atoms with Crippen LogP contribution in [0.5, 0.6) is 0 Å². The molecule has 0 saturated heterocycles. The second kappa shape index (κ2) is 4.11. The number of nitrogens with zero attached hydrogens (tertiary/aromatic N) is 1. The molecule has 0 aliphatic rings. The smallest absolute Gasteiger partial charge is 0.358 e. The maximum atomic E-state index is 12.4. The quantitative estimate of drug-likeness (QED) is 0.502. The zero-order valence-corrected chi connectivity index (χ0v) is 7.72. The van der Waals surface area contributed by atoms with E-state index in [0.717, 1.165) is 0 Å². The van der Waals surface area contributed by atoms with Crippen molar-refractivity contribution in [2.45, 2.75) is 12.6 Å². The summed E-state index contributed by atoms with van der Waals surface area (Å²) < 4.78 is 61.7. The average molecular weight is 258 g/mol. The maximum absolute atomic E-state index is 12.4. The summed E-state index contributed by atoms with van der Waals surface area (Å²) >= 11 is 0. The highest BCUT2D eigenvalue weighted by molar-refractivity contribution is 5.41. The van der Waals surface area contributed by atoms with Crippen LogP contribution < -0.4 is 5.56 Å². The average Bonchev–Trinajstić information content (AvgIpc) is 2.14. The molecule has 0 atom stereocenters. The highest BCUT2D eigenvalue weighted by atomic mass is 19.4. The van der Waals surface area contributed by atoms with Gasteiger partial charge in [0.2, 0.25) is 0 Å². The van der Waals surface area contributed by atoms with Gasteiger partial charge in [-0.15, -0.1) is 0 Å². The summed E-state index contributed by atoms with van der Waals surface area (Å²) in [6, 6.07) is -0.144. The molecule has 1 rings (SSSR count). The number of nitro groups is 1. The normalized spacial score (nSPS) is 11.9. The summed E-state index contributed by atoms with van der Waals surface area (Å²) in [4.78, 5) is 20.9. The Labute approximate surface area is 89.0 Å². The highest BCUT2D eigenvalue weighted by Crippen LogP contribution is 2.38. The first-order valence-electron chi connectivity index (χ1n) is 3.91. The van der Waals surface area contributed by atoms with E-state index in [-0.39, 0.29) is 6.07 Å².